The van der Waals surface area contributed by atoms with Crippen LogP contribution in [0.5, 0.6) is 0 Å². The quantitative estimate of drug-likeness (QED) is 0.646. The Morgan fingerprint density at radius 3 is 2.30 bits per heavy atom. The Morgan fingerprint density at radius 1 is 1.04 bits per heavy atom. The lowest BCUT2D eigenvalue weighted by Crippen LogP contribution is -2.41. The summed E-state index contributed by atoms with van der Waals surface area (Å²) in [5, 5.41) is 3.03. The van der Waals surface area contributed by atoms with Crippen LogP contribution in [0.2, 0.25) is 5.02 Å². The number of rotatable bonds is 9. The summed E-state index contributed by atoms with van der Waals surface area (Å²) in [4.78, 5) is 14.5. The minimum Gasteiger partial charge on any atom is -0.354 e. The van der Waals surface area contributed by atoms with Crippen molar-refractivity contribution in [3.8, 4) is 0 Å². The number of carbonyl (C=O) groups is 1. The van der Waals surface area contributed by atoms with Crippen molar-refractivity contribution in [2.45, 2.75) is 11.3 Å². The topological polar surface area (TPSA) is 69.7 Å². The van der Waals surface area contributed by atoms with Gasteiger partial charge in [0, 0.05) is 6.54 Å². The zero-order valence-corrected chi connectivity index (χ0v) is 17.0. The van der Waals surface area contributed by atoms with Crippen molar-refractivity contribution in [2.24, 2.45) is 0 Å². The Balaban J connectivity index is 2.24. The fourth-order valence-corrected chi connectivity index (χ4v) is 4.23. The molecule has 0 heterocycles. The lowest BCUT2D eigenvalue weighted by atomic mass is 10.3. The third kappa shape index (κ3) is 5.95. The first-order chi connectivity index (χ1) is 12.8. The number of anilines is 1. The zero-order chi connectivity index (χ0) is 19.9. The van der Waals surface area contributed by atoms with Crippen LogP contribution in [0.4, 0.5) is 5.69 Å². The molecule has 0 fully saturated rings. The van der Waals surface area contributed by atoms with Crippen molar-refractivity contribution in [1.82, 2.24) is 10.2 Å². The molecule has 2 rings (SSSR count). The van der Waals surface area contributed by atoms with Gasteiger partial charge in [-0.05, 0) is 51.3 Å². The second-order valence-electron chi connectivity index (χ2n) is 6.28. The van der Waals surface area contributed by atoms with Gasteiger partial charge in [0.05, 0.1) is 15.6 Å². The summed E-state index contributed by atoms with van der Waals surface area (Å²) in [5.41, 5.74) is 0.270. The summed E-state index contributed by atoms with van der Waals surface area (Å²) in [6.07, 6.45) is 0.774. The predicted molar refractivity (Wildman–Crippen MR) is 109 cm³/mol. The molecule has 1 amide bonds. The number of para-hydroxylation sites is 1. The minimum absolute atomic E-state index is 0.102. The number of halogens is 1. The second-order valence-corrected chi connectivity index (χ2v) is 8.55. The molecule has 0 aliphatic heterocycles. The Hall–Kier alpha value is -2.09. The smallest absolute Gasteiger partial charge is 0.264 e. The van der Waals surface area contributed by atoms with Crippen LogP contribution >= 0.6 is 11.6 Å². The van der Waals surface area contributed by atoms with Crippen molar-refractivity contribution < 1.29 is 13.2 Å². The molecular weight excluding hydrogens is 386 g/mol. The van der Waals surface area contributed by atoms with Gasteiger partial charge < -0.3 is 10.2 Å². The van der Waals surface area contributed by atoms with Gasteiger partial charge in [-0.2, -0.15) is 0 Å². The standard InChI is InChI=1S/C19H24ClN3O3S/c1-22(2)14-8-13-21-19(24)15-23(18-12-7-6-11-17(18)20)27(25,26)16-9-4-3-5-10-16/h3-7,9-12H,8,13-15H2,1-2H3,(H,21,24). The molecule has 8 heteroatoms. The Kier molecular flexibility index (Phi) is 7.65. The highest BCUT2D eigenvalue weighted by molar-refractivity contribution is 7.92. The van der Waals surface area contributed by atoms with Gasteiger partial charge in [-0.3, -0.25) is 9.10 Å². The van der Waals surface area contributed by atoms with Gasteiger partial charge in [0.1, 0.15) is 6.54 Å². The average molecular weight is 410 g/mol. The molecule has 6 nitrogen and oxygen atoms in total. The first kappa shape index (κ1) is 21.2. The summed E-state index contributed by atoms with van der Waals surface area (Å²) in [6, 6.07) is 14.6. The van der Waals surface area contributed by atoms with Crippen molar-refractivity contribution in [3.63, 3.8) is 0 Å². The number of nitrogens with zero attached hydrogens (tertiary/aromatic N) is 2. The van der Waals surface area contributed by atoms with E-state index in [1.54, 1.807) is 42.5 Å². The summed E-state index contributed by atoms with van der Waals surface area (Å²) in [6.45, 7) is 0.957. The number of hydrogen-bond donors (Lipinski definition) is 1. The number of amides is 1. The van der Waals surface area contributed by atoms with E-state index < -0.39 is 10.0 Å². The zero-order valence-electron chi connectivity index (χ0n) is 15.4. The van der Waals surface area contributed by atoms with Gasteiger partial charge >= 0.3 is 0 Å². The van der Waals surface area contributed by atoms with E-state index in [1.807, 2.05) is 19.0 Å². The third-order valence-corrected chi connectivity index (χ3v) is 5.94. The highest BCUT2D eigenvalue weighted by Gasteiger charge is 2.28. The molecule has 2 aromatic rings. The molecule has 0 unspecified atom stereocenters. The number of sulfonamides is 1. The van der Waals surface area contributed by atoms with Crippen LogP contribution in [0.25, 0.3) is 0 Å². The average Bonchev–Trinajstić information content (AvgIpc) is 2.64. The van der Waals surface area contributed by atoms with E-state index in [0.29, 0.717) is 6.54 Å². The largest absolute Gasteiger partial charge is 0.354 e. The fraction of sp³-hybridized carbons (Fsp3) is 0.316. The predicted octanol–water partition coefficient (Wildman–Crippen LogP) is 2.60. The fourth-order valence-electron chi connectivity index (χ4n) is 2.48. The first-order valence-electron chi connectivity index (χ1n) is 8.56. The van der Waals surface area contributed by atoms with Gasteiger partial charge in [0.2, 0.25) is 5.91 Å². The minimum atomic E-state index is -3.94. The maximum atomic E-state index is 13.1. The highest BCUT2D eigenvalue weighted by atomic mass is 35.5. The van der Waals surface area contributed by atoms with Crippen LogP contribution < -0.4 is 9.62 Å². The molecular formula is C19H24ClN3O3S. The summed E-state index contributed by atoms with van der Waals surface area (Å²) in [7, 11) is -0.0323. The van der Waals surface area contributed by atoms with E-state index >= 15 is 0 Å². The highest BCUT2D eigenvalue weighted by Crippen LogP contribution is 2.30. The Labute approximate surface area is 165 Å². The molecule has 0 spiro atoms. The van der Waals surface area contributed by atoms with E-state index in [1.165, 1.54) is 12.1 Å². The SMILES string of the molecule is CN(C)CCCNC(=O)CN(c1ccccc1Cl)S(=O)(=O)c1ccccc1. The van der Waals surface area contributed by atoms with Crippen molar-refractivity contribution in [3.05, 3.63) is 59.6 Å². The molecule has 0 saturated carbocycles. The van der Waals surface area contributed by atoms with E-state index in [-0.39, 0.29) is 28.1 Å². The van der Waals surface area contributed by atoms with E-state index in [2.05, 4.69) is 5.32 Å². The molecule has 2 aromatic carbocycles. The van der Waals surface area contributed by atoms with Crippen LogP contribution in [-0.2, 0) is 14.8 Å². The second kappa shape index (κ2) is 9.73. The molecule has 0 aliphatic carbocycles. The molecule has 0 aromatic heterocycles. The van der Waals surface area contributed by atoms with Crippen molar-refractivity contribution >= 4 is 33.2 Å². The van der Waals surface area contributed by atoms with Crippen LogP contribution in [0, 0.1) is 0 Å². The lowest BCUT2D eigenvalue weighted by molar-refractivity contribution is -0.119. The van der Waals surface area contributed by atoms with Gasteiger partial charge in [-0.1, -0.05) is 41.9 Å². The van der Waals surface area contributed by atoms with E-state index in [9.17, 15) is 13.2 Å². The van der Waals surface area contributed by atoms with Crippen LogP contribution in [0.1, 0.15) is 6.42 Å². The summed E-state index contributed by atoms with van der Waals surface area (Å²) < 4.78 is 27.3. The number of carbonyl (C=O) groups excluding carboxylic acids is 1. The van der Waals surface area contributed by atoms with Gasteiger partial charge in [0.15, 0.2) is 0 Å². The van der Waals surface area contributed by atoms with Crippen LogP contribution in [0.3, 0.4) is 0 Å². The molecule has 0 saturated heterocycles. The third-order valence-electron chi connectivity index (χ3n) is 3.84. The molecule has 0 bridgehead atoms. The molecule has 0 atom stereocenters. The number of nitrogens with one attached hydrogen (secondary N) is 1. The van der Waals surface area contributed by atoms with Gasteiger partial charge in [0.25, 0.3) is 10.0 Å². The molecule has 1 N–H and O–H groups in total. The molecule has 146 valence electrons. The van der Waals surface area contributed by atoms with E-state index in [4.69, 9.17) is 11.6 Å². The van der Waals surface area contributed by atoms with Gasteiger partial charge in [-0.15, -0.1) is 0 Å². The van der Waals surface area contributed by atoms with Crippen molar-refractivity contribution in [1.29, 1.82) is 0 Å². The van der Waals surface area contributed by atoms with Crippen molar-refractivity contribution in [2.75, 3.05) is 38.0 Å². The normalized spacial score (nSPS) is 11.4. The monoisotopic (exact) mass is 409 g/mol. The van der Waals surface area contributed by atoms with Gasteiger partial charge in [-0.25, -0.2) is 8.42 Å². The first-order valence-corrected chi connectivity index (χ1v) is 10.4. The van der Waals surface area contributed by atoms with Crippen LogP contribution in [-0.4, -0.2) is 53.0 Å². The number of benzene rings is 2. The molecule has 0 radical (unpaired) electrons. The Morgan fingerprint density at radius 2 is 1.67 bits per heavy atom. The maximum absolute atomic E-state index is 13.1. The summed E-state index contributed by atoms with van der Waals surface area (Å²) in [5.74, 6) is -0.381. The Bertz CT molecular complexity index is 858. The van der Waals surface area contributed by atoms with E-state index in [0.717, 1.165) is 17.3 Å². The lowest BCUT2D eigenvalue weighted by Gasteiger charge is -2.25. The maximum Gasteiger partial charge on any atom is 0.264 e. The molecule has 0 aliphatic rings. The summed E-state index contributed by atoms with van der Waals surface area (Å²) >= 11 is 6.21. The molecule has 27 heavy (non-hydrogen) atoms. The van der Waals surface area contributed by atoms with Crippen LogP contribution in [0.15, 0.2) is 59.5 Å². The number of hydrogen-bond acceptors (Lipinski definition) is 4.